The second-order valence-corrected chi connectivity index (χ2v) is 20.8. The number of anilines is 1. The molecule has 4 rings (SSSR count). The molecule has 1 aromatic carbocycles. The summed E-state index contributed by atoms with van der Waals surface area (Å²) in [7, 11) is 0. The van der Waals surface area contributed by atoms with Crippen LogP contribution in [0, 0.1) is 45.9 Å². The van der Waals surface area contributed by atoms with Gasteiger partial charge in [-0.1, -0.05) is 32.0 Å². The number of carboxylic acids is 5. The molecular formula is C52H76GdN14O16S+3. The molecular weight excluding hydrogens is 1270 g/mol. The molecule has 1 fully saturated rings. The van der Waals surface area contributed by atoms with Gasteiger partial charge in [-0.15, -0.1) is 0 Å². The summed E-state index contributed by atoms with van der Waals surface area (Å²) in [6, 6.07) is 4.23. The molecule has 1 unspecified atom stereocenters. The number of fused-ring (bicyclic) bond motifs is 2. The first-order valence-electron chi connectivity index (χ1n) is 26.9. The van der Waals surface area contributed by atoms with Crippen molar-refractivity contribution in [2.24, 2.45) is 22.4 Å². The zero-order chi connectivity index (χ0) is 61.3. The van der Waals surface area contributed by atoms with E-state index in [0.29, 0.717) is 42.9 Å². The molecule has 6 atom stereocenters. The number of benzene rings is 1. The topological polar surface area (TPSA) is 455 Å². The zero-order valence-corrected chi connectivity index (χ0v) is 49.7. The molecule has 84 heavy (non-hydrogen) atoms. The molecule has 30 nitrogen and oxygen atoms in total. The number of carbonyl (C=O) groups is 10. The number of hydrogen-bond acceptors (Lipinski definition) is 17. The molecule has 2 aliphatic rings. The molecule has 16 N–H and O–H groups in total. The van der Waals surface area contributed by atoms with Crippen molar-refractivity contribution in [3.8, 4) is 0 Å². The number of aromatic nitrogens is 1. The largest absolute Gasteiger partial charge is 3.00 e. The van der Waals surface area contributed by atoms with Gasteiger partial charge in [-0.3, -0.25) is 67.8 Å². The van der Waals surface area contributed by atoms with Crippen molar-refractivity contribution >= 4 is 88.4 Å². The molecule has 461 valence electrons. The molecule has 0 spiro atoms. The number of thiocarbonyl (C=S) groups is 1. The quantitative estimate of drug-likeness (QED) is 0.0162. The van der Waals surface area contributed by atoms with Crippen LogP contribution in [-0.4, -0.2) is 227 Å². The molecule has 32 heteroatoms. The maximum absolute atomic E-state index is 13.5. The van der Waals surface area contributed by atoms with Crippen molar-refractivity contribution in [3.63, 3.8) is 0 Å². The average Bonchev–Trinajstić information content (AvgIpc) is 4.12. The number of aliphatic hydroxyl groups is 1. The smallest absolute Gasteiger partial charge is 0.481 e. The number of nitrogens with one attached hydrogen (secondary N) is 6. The number of nitrogens with two attached hydrogens (primary N) is 2. The number of rotatable bonds is 30. The first-order chi connectivity index (χ1) is 39.3. The molecule has 2 aromatic rings. The molecule has 2 aliphatic heterocycles. The van der Waals surface area contributed by atoms with Crippen LogP contribution in [0.15, 0.2) is 47.5 Å². The van der Waals surface area contributed by atoms with Gasteiger partial charge in [-0.2, -0.15) is 0 Å². The van der Waals surface area contributed by atoms with E-state index in [1.165, 1.54) is 0 Å². The van der Waals surface area contributed by atoms with Crippen LogP contribution in [0.2, 0.25) is 0 Å². The Morgan fingerprint density at radius 3 is 1.92 bits per heavy atom. The monoisotopic (exact) mass is 1340 g/mol. The van der Waals surface area contributed by atoms with Crippen molar-refractivity contribution in [1.82, 2.24) is 51.2 Å². The second kappa shape index (κ2) is 36.1. The van der Waals surface area contributed by atoms with E-state index in [4.69, 9.17) is 28.7 Å². The normalized spacial score (nSPS) is 16.7. The molecule has 1 radical (unpaired) electrons. The summed E-state index contributed by atoms with van der Waals surface area (Å²) in [5, 5.41) is 73.8. The summed E-state index contributed by atoms with van der Waals surface area (Å²) >= 11 is 5.70. The summed E-state index contributed by atoms with van der Waals surface area (Å²) in [6.45, 7) is 2.76. The van der Waals surface area contributed by atoms with Gasteiger partial charge in [0.05, 0.1) is 44.0 Å². The standard InChI is InChI=1S/C52H76N14O16S.Gd/c1-30(2)22-36(45(75)62-38(29-67)47(77)60-35(49(79)80)8-4-16-55-51(53)54)61-46(76)37(23-42(69)70)59-41(68)24-56-48(78)39-9-5-17-66(39)52(83)58-32-13-10-31(11-14-32)12-15-40(50(81)82)65-21-20-63(27-43(71)72)18-19-64(28-44(73)74)25-33-6-3-7-34(26-65)57-33;/h3,6-7,10-11,13-14,30,35-40,67H,4-5,8-9,12,15-29H2,1-2H3,(H,56,78)(H,58,83)(H,59,68)(H,60,77)(H,61,76)(H,62,75)(H,69,70)(H,71,72)(H,73,74)(H,79,80)(H,81,82)(H4,53,54,55);/q;+3/t35-,36-,37-,38-,39-,40?;/m0./s1. The van der Waals surface area contributed by atoms with Gasteiger partial charge < -0.3 is 78.9 Å². The van der Waals surface area contributed by atoms with Gasteiger partial charge in [0.1, 0.15) is 36.3 Å². The number of guanidine groups is 1. The minimum absolute atomic E-state index is 0. The fourth-order valence-corrected chi connectivity index (χ4v) is 9.63. The van der Waals surface area contributed by atoms with Gasteiger partial charge in [0.15, 0.2) is 11.1 Å². The number of nitrogens with zero attached hydrogens (tertiary/aromatic N) is 6. The van der Waals surface area contributed by atoms with Gasteiger partial charge in [0, 0.05) is 58.0 Å². The number of pyridine rings is 1. The van der Waals surface area contributed by atoms with Crippen LogP contribution in [0.25, 0.3) is 0 Å². The van der Waals surface area contributed by atoms with Crippen LogP contribution in [0.4, 0.5) is 5.69 Å². The first kappa shape index (κ1) is 71.5. The number of aliphatic hydroxyl groups excluding tert-OH is 1. The number of aliphatic imine (C=N–C) groups is 1. The SMILES string of the molecule is CC(C)C[C@H](NC(=O)[C@H](CC(=O)O)NC(=O)CNC(=O)[C@@H]1CCCN1C(=S)Nc1ccc(CCC(C(=O)O)N2CCN(CC(=O)O)CCN(CC(=O)O)Cc3cccc(n3)C2)cc1)C(=O)N[C@@H](CO)C(=O)N[C@@H](CCCN=C(N)N)C(=O)O.[Gd+3]. The van der Waals surface area contributed by atoms with Gasteiger partial charge in [0.25, 0.3) is 0 Å². The fourth-order valence-electron chi connectivity index (χ4n) is 9.29. The molecule has 5 amide bonds. The summed E-state index contributed by atoms with van der Waals surface area (Å²) in [5.74, 6) is -11.3. The predicted octanol–water partition coefficient (Wildman–Crippen LogP) is -2.88. The van der Waals surface area contributed by atoms with E-state index in [0.717, 1.165) is 5.56 Å². The van der Waals surface area contributed by atoms with E-state index in [2.05, 4.69) is 36.9 Å². The molecule has 0 saturated carbocycles. The molecule has 1 aromatic heterocycles. The Balaban J connectivity index is 0.0000185. The van der Waals surface area contributed by atoms with Crippen molar-refractivity contribution < 1.29 is 119 Å². The maximum atomic E-state index is 13.5. The van der Waals surface area contributed by atoms with E-state index in [1.807, 2.05) is 0 Å². The van der Waals surface area contributed by atoms with Gasteiger partial charge in [0.2, 0.25) is 29.5 Å². The van der Waals surface area contributed by atoms with E-state index >= 15 is 0 Å². The summed E-state index contributed by atoms with van der Waals surface area (Å²) < 4.78 is 0. The number of carboxylic acid groups (broad SMARTS) is 5. The number of likely N-dealkylation sites (tertiary alicyclic amines) is 1. The minimum atomic E-state index is -1.75. The fraction of sp³-hybridized carbons (Fsp3) is 0.558. The second-order valence-electron chi connectivity index (χ2n) is 20.5. The Labute approximate surface area is 521 Å². The number of amides is 5. The van der Waals surface area contributed by atoms with Crippen LogP contribution in [-0.2, 0) is 67.5 Å². The first-order valence-corrected chi connectivity index (χ1v) is 27.3. The summed E-state index contributed by atoms with van der Waals surface area (Å²) in [5.41, 5.74) is 13.1. The van der Waals surface area contributed by atoms with Gasteiger partial charge >= 0.3 is 69.8 Å². The van der Waals surface area contributed by atoms with Crippen molar-refractivity contribution in [1.29, 1.82) is 0 Å². The van der Waals surface area contributed by atoms with Crippen molar-refractivity contribution in [2.45, 2.75) is 115 Å². The Hall–Kier alpha value is -6.81. The zero-order valence-electron chi connectivity index (χ0n) is 46.6. The van der Waals surface area contributed by atoms with E-state index in [-0.39, 0.29) is 142 Å². The minimum Gasteiger partial charge on any atom is -0.481 e. The Morgan fingerprint density at radius 1 is 0.714 bits per heavy atom. The van der Waals surface area contributed by atoms with Crippen LogP contribution in [0.3, 0.4) is 0 Å². The molecule has 2 bridgehead atoms. The maximum Gasteiger partial charge on any atom is 3.00 e. The predicted molar refractivity (Wildman–Crippen MR) is 301 cm³/mol. The van der Waals surface area contributed by atoms with Crippen LogP contribution in [0.1, 0.15) is 75.7 Å². The Bertz CT molecular complexity index is 2650. The Kier molecular flexibility index (Phi) is 30.7. The van der Waals surface area contributed by atoms with Crippen LogP contribution < -0.4 is 43.4 Å². The third kappa shape index (κ3) is 25.2. The van der Waals surface area contributed by atoms with Gasteiger partial charge in [-0.25, -0.2) is 4.79 Å². The molecule has 3 heterocycles. The van der Waals surface area contributed by atoms with Gasteiger partial charge in [-0.05, 0) is 92.9 Å². The third-order valence-corrected chi connectivity index (χ3v) is 13.7. The molecule has 0 aliphatic carbocycles. The number of carbonyl (C=O) groups excluding carboxylic acids is 5. The Morgan fingerprint density at radius 2 is 1.31 bits per heavy atom. The van der Waals surface area contributed by atoms with E-state index < -0.39 is 115 Å². The third-order valence-electron chi connectivity index (χ3n) is 13.4. The summed E-state index contributed by atoms with van der Waals surface area (Å²) in [6.07, 6.45) is 0.478. The van der Waals surface area contributed by atoms with Crippen LogP contribution >= 0.6 is 12.2 Å². The van der Waals surface area contributed by atoms with E-state index in [9.17, 15) is 78.6 Å². The number of hydrogen-bond donors (Lipinski definition) is 14. The molecule has 1 saturated heterocycles. The van der Waals surface area contributed by atoms with Crippen molar-refractivity contribution in [2.75, 3.05) is 70.8 Å². The van der Waals surface area contributed by atoms with Crippen LogP contribution in [0.5, 0.6) is 0 Å². The average molecular weight is 1340 g/mol. The van der Waals surface area contributed by atoms with Crippen molar-refractivity contribution in [3.05, 3.63) is 59.4 Å². The number of aliphatic carboxylic acids is 5. The van der Waals surface area contributed by atoms with E-state index in [1.54, 1.807) is 75.9 Å². The number of aryl methyl sites for hydroxylation is 1. The summed E-state index contributed by atoms with van der Waals surface area (Å²) in [4.78, 5) is 142.